The van der Waals surface area contributed by atoms with Crippen molar-refractivity contribution in [2.45, 2.75) is 90.6 Å². The van der Waals surface area contributed by atoms with Gasteiger partial charge in [-0.2, -0.15) is 0 Å². The Morgan fingerprint density at radius 2 is 1.06 bits per heavy atom. The second-order valence-electron chi connectivity index (χ2n) is 10.3. The summed E-state index contributed by atoms with van der Waals surface area (Å²) in [5, 5.41) is 1.38. The summed E-state index contributed by atoms with van der Waals surface area (Å²) in [5.74, 6) is 0. The van der Waals surface area contributed by atoms with Crippen LogP contribution in [0.2, 0.25) is 0 Å². The lowest BCUT2D eigenvalue weighted by Crippen LogP contribution is -2.31. The van der Waals surface area contributed by atoms with Crippen LogP contribution in [0.3, 0.4) is 0 Å². The molecule has 2 heterocycles. The molecule has 0 aliphatic rings. The first-order valence-corrected chi connectivity index (χ1v) is 12.9. The molecule has 8 nitrogen and oxygen atoms in total. The van der Waals surface area contributed by atoms with Crippen molar-refractivity contribution < 1.29 is 9.47 Å². The van der Waals surface area contributed by atoms with Gasteiger partial charge in [0, 0.05) is 51.8 Å². The second kappa shape index (κ2) is 12.6. The van der Waals surface area contributed by atoms with E-state index in [9.17, 15) is 9.59 Å². The van der Waals surface area contributed by atoms with Crippen LogP contribution in [-0.4, -0.2) is 44.7 Å². The molecule has 0 unspecified atom stereocenters. The molecule has 0 spiro atoms. The van der Waals surface area contributed by atoms with Gasteiger partial charge in [-0.1, -0.05) is 27.7 Å². The molecule has 34 heavy (non-hydrogen) atoms. The van der Waals surface area contributed by atoms with Crippen molar-refractivity contribution in [3.63, 3.8) is 0 Å². The summed E-state index contributed by atoms with van der Waals surface area (Å²) in [6.07, 6.45) is 5.23. The van der Waals surface area contributed by atoms with Crippen LogP contribution >= 0.6 is 25.3 Å². The SMILES string of the molecule is CCn1cc(S)n(CC(C)(C)CCOCCOCCC(C)(C)Cn2c(S)cn(CC)c2=O)c1=O. The van der Waals surface area contributed by atoms with Crippen molar-refractivity contribution in [1.29, 1.82) is 0 Å². The van der Waals surface area contributed by atoms with Gasteiger partial charge < -0.3 is 9.47 Å². The molecular weight excluding hydrogens is 472 g/mol. The van der Waals surface area contributed by atoms with Crippen molar-refractivity contribution in [2.24, 2.45) is 10.8 Å². The first kappa shape index (κ1) is 28.9. The average molecular weight is 515 g/mol. The van der Waals surface area contributed by atoms with E-state index in [4.69, 9.17) is 9.47 Å². The molecule has 0 N–H and O–H groups in total. The van der Waals surface area contributed by atoms with Crippen LogP contribution in [-0.2, 0) is 35.7 Å². The van der Waals surface area contributed by atoms with Crippen LogP contribution < -0.4 is 11.4 Å². The van der Waals surface area contributed by atoms with Crippen LogP contribution in [0.4, 0.5) is 0 Å². The van der Waals surface area contributed by atoms with Gasteiger partial charge in [0.25, 0.3) is 0 Å². The molecule has 194 valence electrons. The van der Waals surface area contributed by atoms with E-state index in [-0.39, 0.29) is 22.2 Å². The summed E-state index contributed by atoms with van der Waals surface area (Å²) in [5.41, 5.74) is -0.216. The monoisotopic (exact) mass is 514 g/mol. The molecule has 0 fully saturated rings. The highest BCUT2D eigenvalue weighted by molar-refractivity contribution is 7.80. The van der Waals surface area contributed by atoms with Crippen molar-refractivity contribution in [3.05, 3.63) is 33.4 Å². The Labute approximate surface area is 214 Å². The van der Waals surface area contributed by atoms with E-state index < -0.39 is 0 Å². The lowest BCUT2D eigenvalue weighted by molar-refractivity contribution is 0.0257. The highest BCUT2D eigenvalue weighted by Crippen LogP contribution is 2.25. The van der Waals surface area contributed by atoms with Crippen LogP contribution in [0, 0.1) is 10.8 Å². The molecule has 0 amide bonds. The molecule has 0 aliphatic carbocycles. The zero-order valence-electron chi connectivity index (χ0n) is 21.5. The van der Waals surface area contributed by atoms with E-state index in [0.29, 0.717) is 62.7 Å². The molecule has 2 aromatic heterocycles. The summed E-state index contributed by atoms with van der Waals surface area (Å²) < 4.78 is 18.3. The normalized spacial score (nSPS) is 12.6. The fourth-order valence-corrected chi connectivity index (χ4v) is 4.41. The van der Waals surface area contributed by atoms with Crippen molar-refractivity contribution in [1.82, 2.24) is 18.3 Å². The molecule has 0 aromatic carbocycles. The standard InChI is InChI=1S/C24H42N4O4S2/c1-7-25-15-19(33)27(21(25)29)17-23(3,4)9-11-31-13-14-32-12-10-24(5,6)18-28-20(34)16-26(8-2)22(28)30/h15-16,33-34H,7-14,17-18H2,1-6H3. The quantitative estimate of drug-likeness (QED) is 0.280. The molecule has 0 radical (unpaired) electrons. The minimum Gasteiger partial charge on any atom is -0.379 e. The van der Waals surface area contributed by atoms with Gasteiger partial charge in [0.15, 0.2) is 0 Å². The van der Waals surface area contributed by atoms with E-state index in [2.05, 4.69) is 53.0 Å². The van der Waals surface area contributed by atoms with Crippen LogP contribution in [0.1, 0.15) is 54.4 Å². The van der Waals surface area contributed by atoms with Gasteiger partial charge in [-0.25, -0.2) is 9.59 Å². The van der Waals surface area contributed by atoms with Gasteiger partial charge in [-0.15, -0.1) is 25.3 Å². The molecule has 0 saturated carbocycles. The maximum absolute atomic E-state index is 12.4. The number of hydrogen-bond acceptors (Lipinski definition) is 6. The van der Waals surface area contributed by atoms with E-state index in [0.717, 1.165) is 12.8 Å². The largest absolute Gasteiger partial charge is 0.379 e. The predicted octanol–water partition coefficient (Wildman–Crippen LogP) is 3.80. The zero-order chi connectivity index (χ0) is 25.5. The number of imidazole rings is 2. The van der Waals surface area contributed by atoms with Gasteiger partial charge in [0.2, 0.25) is 0 Å². The Kier molecular flexibility index (Phi) is 10.7. The van der Waals surface area contributed by atoms with Crippen LogP contribution in [0.5, 0.6) is 0 Å². The second-order valence-corrected chi connectivity index (χ2v) is 11.3. The molecule has 0 bridgehead atoms. The number of rotatable bonds is 15. The van der Waals surface area contributed by atoms with Crippen molar-refractivity contribution in [3.8, 4) is 0 Å². The first-order valence-electron chi connectivity index (χ1n) is 12.0. The highest BCUT2D eigenvalue weighted by atomic mass is 32.1. The number of hydrogen-bond donors (Lipinski definition) is 2. The first-order chi connectivity index (χ1) is 15.9. The Morgan fingerprint density at radius 1 is 0.706 bits per heavy atom. The molecule has 0 aliphatic heterocycles. The molecule has 2 rings (SSSR count). The van der Waals surface area contributed by atoms with Crippen LogP contribution in [0.25, 0.3) is 0 Å². The van der Waals surface area contributed by atoms with Crippen molar-refractivity contribution >= 4 is 25.3 Å². The van der Waals surface area contributed by atoms with E-state index in [1.54, 1.807) is 30.7 Å². The van der Waals surface area contributed by atoms with Gasteiger partial charge in [0.1, 0.15) is 0 Å². The number of nitrogens with zero attached hydrogens (tertiary/aromatic N) is 4. The molecule has 0 saturated heterocycles. The molecular formula is C24H42N4O4S2. The minimum atomic E-state index is -0.0905. The Morgan fingerprint density at radius 3 is 1.35 bits per heavy atom. The Hall–Kier alpha value is -1.36. The third-order valence-electron chi connectivity index (χ3n) is 6.12. The van der Waals surface area contributed by atoms with Crippen LogP contribution in [0.15, 0.2) is 32.0 Å². The molecule has 0 atom stereocenters. The number of thiol groups is 2. The lowest BCUT2D eigenvalue weighted by Gasteiger charge is -2.25. The topological polar surface area (TPSA) is 72.3 Å². The number of aromatic nitrogens is 4. The van der Waals surface area contributed by atoms with Gasteiger partial charge in [0.05, 0.1) is 23.3 Å². The summed E-state index contributed by atoms with van der Waals surface area (Å²) in [6, 6.07) is 0. The summed E-state index contributed by atoms with van der Waals surface area (Å²) in [6.45, 7) is 17.2. The van der Waals surface area contributed by atoms with Gasteiger partial charge >= 0.3 is 11.4 Å². The third kappa shape index (κ3) is 8.10. The van der Waals surface area contributed by atoms with E-state index in [1.807, 2.05) is 13.8 Å². The Balaban J connectivity index is 1.66. The highest BCUT2D eigenvalue weighted by Gasteiger charge is 2.23. The summed E-state index contributed by atoms with van der Waals surface area (Å²) in [4.78, 5) is 24.8. The smallest absolute Gasteiger partial charge is 0.329 e. The lowest BCUT2D eigenvalue weighted by atomic mass is 9.89. The molecule has 2 aromatic rings. The predicted molar refractivity (Wildman–Crippen MR) is 142 cm³/mol. The fraction of sp³-hybridized carbons (Fsp3) is 0.750. The van der Waals surface area contributed by atoms with E-state index >= 15 is 0 Å². The third-order valence-corrected chi connectivity index (χ3v) is 6.83. The minimum absolute atomic E-state index is 0.0174. The Bertz CT molecular complexity index is 951. The summed E-state index contributed by atoms with van der Waals surface area (Å²) in [7, 11) is 0. The number of ether oxygens (including phenoxy) is 2. The van der Waals surface area contributed by atoms with Gasteiger partial charge in [-0.3, -0.25) is 18.3 Å². The summed E-state index contributed by atoms with van der Waals surface area (Å²) >= 11 is 8.89. The fourth-order valence-electron chi connectivity index (χ4n) is 3.82. The van der Waals surface area contributed by atoms with Crippen molar-refractivity contribution in [2.75, 3.05) is 26.4 Å². The number of aryl methyl sites for hydroxylation is 2. The maximum atomic E-state index is 12.4. The molecule has 10 heteroatoms. The average Bonchev–Trinajstić information content (AvgIpc) is 3.19. The van der Waals surface area contributed by atoms with E-state index in [1.165, 1.54) is 0 Å². The van der Waals surface area contributed by atoms with Gasteiger partial charge in [-0.05, 0) is 37.5 Å². The zero-order valence-corrected chi connectivity index (χ0v) is 23.3. The maximum Gasteiger partial charge on any atom is 0.329 e.